The number of sulfonamides is 1. The van der Waals surface area contributed by atoms with Crippen LogP contribution in [0.3, 0.4) is 0 Å². The van der Waals surface area contributed by atoms with Crippen LogP contribution in [0.15, 0.2) is 29.2 Å². The normalized spacial score (nSPS) is 26.2. The molecule has 0 bridgehead atoms. The standard InChI is InChI=1S/C20H30N2O4S2/c1-14-6-8-15(9-7-14)28(24,25)22-11-10-18(27-5)16-12-21(13-17(16)22)19(23)26-20(2,3)4/h6-9,16-18H,10-13H2,1-5H3/t16-,17+,18?/m1/s1. The topological polar surface area (TPSA) is 66.9 Å². The number of aryl methyl sites for hydroxylation is 1. The highest BCUT2D eigenvalue weighted by atomic mass is 32.2. The number of nitrogens with zero attached hydrogens (tertiary/aromatic N) is 2. The molecular weight excluding hydrogens is 396 g/mol. The Morgan fingerprint density at radius 3 is 2.39 bits per heavy atom. The van der Waals surface area contributed by atoms with Gasteiger partial charge >= 0.3 is 6.09 Å². The van der Waals surface area contributed by atoms with E-state index in [0.29, 0.717) is 29.8 Å². The van der Waals surface area contributed by atoms with Crippen LogP contribution in [0.1, 0.15) is 32.8 Å². The Hall–Kier alpha value is -1.25. The number of carbonyl (C=O) groups excluding carboxylic acids is 1. The van der Waals surface area contributed by atoms with Crippen LogP contribution in [0.4, 0.5) is 4.79 Å². The Morgan fingerprint density at radius 2 is 1.82 bits per heavy atom. The van der Waals surface area contributed by atoms with Crippen LogP contribution in [0, 0.1) is 12.8 Å². The number of hydrogen-bond acceptors (Lipinski definition) is 5. The molecule has 0 radical (unpaired) electrons. The van der Waals surface area contributed by atoms with E-state index in [4.69, 9.17) is 4.74 Å². The molecule has 156 valence electrons. The third-order valence-electron chi connectivity index (χ3n) is 5.40. The number of piperidine rings is 1. The number of likely N-dealkylation sites (tertiary alicyclic amines) is 1. The Balaban J connectivity index is 1.86. The molecule has 1 amide bonds. The number of benzene rings is 1. The average Bonchev–Trinajstić information content (AvgIpc) is 3.05. The smallest absolute Gasteiger partial charge is 0.410 e. The summed E-state index contributed by atoms with van der Waals surface area (Å²) in [4.78, 5) is 14.6. The van der Waals surface area contributed by atoms with Gasteiger partial charge in [-0.2, -0.15) is 16.1 Å². The summed E-state index contributed by atoms with van der Waals surface area (Å²) < 4.78 is 33.8. The number of carbonyl (C=O) groups is 1. The van der Waals surface area contributed by atoms with Crippen molar-refractivity contribution in [3.63, 3.8) is 0 Å². The summed E-state index contributed by atoms with van der Waals surface area (Å²) in [5, 5.41) is 0.335. The van der Waals surface area contributed by atoms with Crippen molar-refractivity contribution < 1.29 is 17.9 Å². The molecule has 2 heterocycles. The van der Waals surface area contributed by atoms with Crippen molar-refractivity contribution >= 4 is 27.9 Å². The molecule has 2 aliphatic heterocycles. The van der Waals surface area contributed by atoms with E-state index in [2.05, 4.69) is 6.26 Å². The zero-order chi connectivity index (χ0) is 20.7. The molecule has 0 aromatic heterocycles. The lowest BCUT2D eigenvalue weighted by molar-refractivity contribution is 0.0284. The maximum Gasteiger partial charge on any atom is 0.410 e. The van der Waals surface area contributed by atoms with Crippen LogP contribution in [0.5, 0.6) is 0 Å². The van der Waals surface area contributed by atoms with Gasteiger partial charge in [-0.1, -0.05) is 17.7 Å². The molecule has 0 N–H and O–H groups in total. The number of rotatable bonds is 3. The monoisotopic (exact) mass is 426 g/mol. The molecule has 8 heteroatoms. The first-order chi connectivity index (χ1) is 13.0. The lowest BCUT2D eigenvalue weighted by Gasteiger charge is -2.39. The van der Waals surface area contributed by atoms with Crippen molar-refractivity contribution in [2.45, 2.75) is 55.9 Å². The van der Waals surface area contributed by atoms with E-state index in [-0.39, 0.29) is 18.1 Å². The van der Waals surface area contributed by atoms with Crippen LogP contribution < -0.4 is 0 Å². The SMILES string of the molecule is CSC1CCN(S(=O)(=O)c2ccc(C)cc2)[C@H]2CN(C(=O)OC(C)(C)C)C[C@@H]12. The van der Waals surface area contributed by atoms with Crippen molar-refractivity contribution in [3.05, 3.63) is 29.8 Å². The van der Waals surface area contributed by atoms with Gasteiger partial charge in [0.15, 0.2) is 0 Å². The summed E-state index contributed by atoms with van der Waals surface area (Å²) in [6.07, 6.45) is 2.48. The van der Waals surface area contributed by atoms with Gasteiger partial charge in [-0.3, -0.25) is 0 Å². The molecule has 2 aliphatic rings. The summed E-state index contributed by atoms with van der Waals surface area (Å²) >= 11 is 1.76. The van der Waals surface area contributed by atoms with E-state index in [1.807, 2.05) is 39.8 Å². The molecule has 28 heavy (non-hydrogen) atoms. The molecule has 1 aromatic rings. The second-order valence-electron chi connectivity index (χ2n) is 8.61. The molecule has 0 aliphatic carbocycles. The van der Waals surface area contributed by atoms with Crippen LogP contribution in [-0.4, -0.2) is 66.5 Å². The molecule has 2 fully saturated rings. The highest BCUT2D eigenvalue weighted by Crippen LogP contribution is 2.39. The highest BCUT2D eigenvalue weighted by molar-refractivity contribution is 7.99. The predicted molar refractivity (Wildman–Crippen MR) is 112 cm³/mol. The number of ether oxygens (including phenoxy) is 1. The quantitative estimate of drug-likeness (QED) is 0.741. The van der Waals surface area contributed by atoms with E-state index >= 15 is 0 Å². The van der Waals surface area contributed by atoms with E-state index in [1.165, 1.54) is 0 Å². The van der Waals surface area contributed by atoms with Crippen LogP contribution in [-0.2, 0) is 14.8 Å². The first-order valence-electron chi connectivity index (χ1n) is 9.62. The third kappa shape index (κ3) is 4.33. The lowest BCUT2D eigenvalue weighted by atomic mass is 9.93. The molecule has 2 saturated heterocycles. The van der Waals surface area contributed by atoms with Gasteiger partial charge in [-0.05, 0) is 52.5 Å². The first-order valence-corrected chi connectivity index (χ1v) is 12.3. The van der Waals surface area contributed by atoms with Crippen molar-refractivity contribution in [2.24, 2.45) is 5.92 Å². The molecule has 1 aromatic carbocycles. The molecule has 6 nitrogen and oxygen atoms in total. The van der Waals surface area contributed by atoms with Gasteiger partial charge in [-0.15, -0.1) is 0 Å². The van der Waals surface area contributed by atoms with E-state index < -0.39 is 15.6 Å². The Bertz CT molecular complexity index is 818. The summed E-state index contributed by atoms with van der Waals surface area (Å²) in [6.45, 7) is 8.84. The van der Waals surface area contributed by atoms with Gasteiger partial charge in [0.25, 0.3) is 0 Å². The fourth-order valence-electron chi connectivity index (χ4n) is 4.03. The van der Waals surface area contributed by atoms with E-state index in [9.17, 15) is 13.2 Å². The summed E-state index contributed by atoms with van der Waals surface area (Å²) in [5.41, 5.74) is 0.451. The molecular formula is C20H30N2O4S2. The van der Waals surface area contributed by atoms with Gasteiger partial charge < -0.3 is 9.64 Å². The largest absolute Gasteiger partial charge is 0.444 e. The lowest BCUT2D eigenvalue weighted by Crippen LogP contribution is -2.52. The van der Waals surface area contributed by atoms with Gasteiger partial charge in [-0.25, -0.2) is 13.2 Å². The summed E-state index contributed by atoms with van der Waals surface area (Å²) in [7, 11) is -3.60. The van der Waals surface area contributed by atoms with Gasteiger partial charge in [0, 0.05) is 36.8 Å². The molecule has 0 saturated carbocycles. The van der Waals surface area contributed by atoms with Gasteiger partial charge in [0.1, 0.15) is 5.60 Å². The summed E-state index contributed by atoms with van der Waals surface area (Å²) in [6, 6.07) is 6.76. The maximum atomic E-state index is 13.3. The Kier molecular flexibility index (Phi) is 6.04. The molecule has 3 rings (SSSR count). The second-order valence-corrected chi connectivity index (χ2v) is 11.6. The minimum absolute atomic E-state index is 0.108. The van der Waals surface area contributed by atoms with Gasteiger partial charge in [0.05, 0.1) is 4.90 Å². The first kappa shape index (κ1) is 21.5. The van der Waals surface area contributed by atoms with Gasteiger partial charge in [0.2, 0.25) is 10.0 Å². The third-order valence-corrected chi connectivity index (χ3v) is 8.53. The fourth-order valence-corrected chi connectivity index (χ4v) is 6.66. The number of hydrogen-bond donors (Lipinski definition) is 0. The maximum absolute atomic E-state index is 13.3. The Morgan fingerprint density at radius 1 is 1.18 bits per heavy atom. The number of thioether (sulfide) groups is 1. The van der Waals surface area contributed by atoms with Crippen LogP contribution in [0.25, 0.3) is 0 Å². The van der Waals surface area contributed by atoms with Crippen molar-refractivity contribution in [1.82, 2.24) is 9.21 Å². The van der Waals surface area contributed by atoms with Crippen molar-refractivity contribution in [1.29, 1.82) is 0 Å². The second kappa shape index (κ2) is 7.88. The molecule has 3 atom stereocenters. The highest BCUT2D eigenvalue weighted by Gasteiger charge is 2.49. The summed E-state index contributed by atoms with van der Waals surface area (Å²) in [5.74, 6) is 0.108. The fraction of sp³-hybridized carbons (Fsp3) is 0.650. The minimum Gasteiger partial charge on any atom is -0.444 e. The van der Waals surface area contributed by atoms with Crippen LogP contribution >= 0.6 is 11.8 Å². The van der Waals surface area contributed by atoms with E-state index in [1.54, 1.807) is 33.1 Å². The molecule has 1 unspecified atom stereocenters. The number of fused-ring (bicyclic) bond motifs is 1. The molecule has 0 spiro atoms. The van der Waals surface area contributed by atoms with E-state index in [0.717, 1.165) is 12.0 Å². The zero-order valence-electron chi connectivity index (χ0n) is 17.2. The van der Waals surface area contributed by atoms with Crippen molar-refractivity contribution in [3.8, 4) is 0 Å². The van der Waals surface area contributed by atoms with Crippen LogP contribution in [0.2, 0.25) is 0 Å². The zero-order valence-corrected chi connectivity index (χ0v) is 18.8. The Labute approximate surface area is 172 Å². The minimum atomic E-state index is -3.60. The predicted octanol–water partition coefficient (Wildman–Crippen LogP) is 3.36. The average molecular weight is 427 g/mol. The number of amides is 1. The van der Waals surface area contributed by atoms with Crippen molar-refractivity contribution in [2.75, 3.05) is 25.9 Å².